The Bertz CT molecular complexity index is 541. The average molecular weight is 318 g/mol. The average Bonchev–Trinajstić information content (AvgIpc) is 3.08. The van der Waals surface area contributed by atoms with E-state index in [1.165, 1.54) is 18.5 Å². The van der Waals surface area contributed by atoms with Crippen molar-refractivity contribution in [3.8, 4) is 6.07 Å². The number of hydrogen-bond acceptors (Lipinski definition) is 5. The molecule has 0 N–H and O–H groups in total. The van der Waals surface area contributed by atoms with Gasteiger partial charge in [0.05, 0.1) is 18.8 Å². The fourth-order valence-corrected chi connectivity index (χ4v) is 3.03. The molecule has 2 unspecified atom stereocenters. The van der Waals surface area contributed by atoms with Gasteiger partial charge in [0.2, 0.25) is 0 Å². The fourth-order valence-electron chi connectivity index (χ4n) is 3.03. The summed E-state index contributed by atoms with van der Waals surface area (Å²) in [5, 5.41) is 9.26. The highest BCUT2D eigenvalue weighted by atomic mass is 16.5. The summed E-state index contributed by atoms with van der Waals surface area (Å²) in [7, 11) is 0. The molecule has 1 fully saturated rings. The number of esters is 1. The summed E-state index contributed by atoms with van der Waals surface area (Å²) in [6.45, 7) is 8.72. The molecule has 0 aromatic carbocycles. The maximum absolute atomic E-state index is 11.9. The molecule has 2 atom stereocenters. The number of hydrogen-bond donors (Lipinski definition) is 0. The first-order valence-electron chi connectivity index (χ1n) is 8.43. The van der Waals surface area contributed by atoms with E-state index in [2.05, 4.69) is 24.8 Å². The Labute approximate surface area is 138 Å². The van der Waals surface area contributed by atoms with Gasteiger partial charge in [-0.2, -0.15) is 5.26 Å². The molecular weight excluding hydrogens is 292 g/mol. The Morgan fingerprint density at radius 2 is 2.22 bits per heavy atom. The molecule has 0 amide bonds. The van der Waals surface area contributed by atoms with Gasteiger partial charge in [0.15, 0.2) is 0 Å². The topological polar surface area (TPSA) is 62.6 Å². The Balaban J connectivity index is 2.30. The van der Waals surface area contributed by atoms with Crippen LogP contribution in [0.3, 0.4) is 0 Å². The molecule has 0 spiro atoms. The third kappa shape index (κ3) is 4.14. The summed E-state index contributed by atoms with van der Waals surface area (Å²) in [6, 6.07) is 1.97. The third-order valence-electron chi connectivity index (χ3n) is 4.58. The van der Waals surface area contributed by atoms with Crippen LogP contribution in [-0.4, -0.2) is 42.8 Å². The number of carbonyl (C=O) groups is 1. The largest absolute Gasteiger partial charge is 0.462 e. The van der Waals surface area contributed by atoms with Crippen LogP contribution in [0.4, 0.5) is 0 Å². The minimum absolute atomic E-state index is 0.0608. The van der Waals surface area contributed by atoms with Gasteiger partial charge in [-0.3, -0.25) is 0 Å². The second-order valence-corrected chi connectivity index (χ2v) is 6.26. The van der Waals surface area contributed by atoms with E-state index >= 15 is 0 Å². The van der Waals surface area contributed by atoms with E-state index in [1.54, 1.807) is 13.0 Å². The number of nitriles is 1. The van der Waals surface area contributed by atoms with Crippen LogP contribution in [0, 0.1) is 17.2 Å². The van der Waals surface area contributed by atoms with Crippen molar-refractivity contribution in [1.82, 2.24) is 4.90 Å². The molecule has 2 rings (SSSR count). The Kier molecular flexibility index (Phi) is 5.84. The Morgan fingerprint density at radius 1 is 1.52 bits per heavy atom. The van der Waals surface area contributed by atoms with E-state index in [-0.39, 0.29) is 23.7 Å². The molecule has 5 heteroatoms. The highest BCUT2D eigenvalue weighted by Gasteiger charge is 2.33. The maximum atomic E-state index is 11.9. The summed E-state index contributed by atoms with van der Waals surface area (Å²) >= 11 is 0. The van der Waals surface area contributed by atoms with Gasteiger partial charge < -0.3 is 14.4 Å². The lowest BCUT2D eigenvalue weighted by Crippen LogP contribution is -2.38. The van der Waals surface area contributed by atoms with Crippen LogP contribution < -0.4 is 0 Å². The fraction of sp³-hybridized carbons (Fsp3) is 0.667. The van der Waals surface area contributed by atoms with Crippen LogP contribution in [-0.2, 0) is 14.3 Å². The molecular formula is C18H26N2O3. The maximum Gasteiger partial charge on any atom is 0.348 e. The van der Waals surface area contributed by atoms with Crippen LogP contribution in [0.5, 0.6) is 0 Å². The van der Waals surface area contributed by atoms with Crippen molar-refractivity contribution in [2.45, 2.75) is 45.6 Å². The summed E-state index contributed by atoms with van der Waals surface area (Å²) in [5.74, 6) is -0.633. The van der Waals surface area contributed by atoms with Crippen molar-refractivity contribution in [2.75, 3.05) is 26.3 Å². The number of nitrogens with zero attached hydrogens (tertiary/aromatic N) is 2. The summed E-state index contributed by atoms with van der Waals surface area (Å²) in [5.41, 5.74) is 0.958. The molecule has 0 radical (unpaired) electrons. The highest BCUT2D eigenvalue weighted by molar-refractivity contribution is 5.92. The first-order chi connectivity index (χ1) is 11.0. The van der Waals surface area contributed by atoms with Crippen molar-refractivity contribution in [3.05, 3.63) is 23.4 Å². The van der Waals surface area contributed by atoms with Gasteiger partial charge in [-0.1, -0.05) is 6.92 Å². The molecule has 126 valence electrons. The Hall–Kier alpha value is -1.80. The molecule has 0 aliphatic carbocycles. The number of likely N-dealkylation sites (tertiary alicyclic amines) is 1. The van der Waals surface area contributed by atoms with Gasteiger partial charge in [-0.15, -0.1) is 0 Å². The first-order valence-corrected chi connectivity index (χ1v) is 8.43. The predicted molar refractivity (Wildman–Crippen MR) is 87.4 cm³/mol. The van der Waals surface area contributed by atoms with Gasteiger partial charge in [0, 0.05) is 24.7 Å². The quantitative estimate of drug-likeness (QED) is 0.443. The van der Waals surface area contributed by atoms with Crippen LogP contribution >= 0.6 is 0 Å². The molecule has 0 aromatic heterocycles. The molecule has 2 heterocycles. The van der Waals surface area contributed by atoms with E-state index in [0.717, 1.165) is 19.5 Å². The molecule has 1 saturated heterocycles. The monoisotopic (exact) mass is 318 g/mol. The van der Waals surface area contributed by atoms with E-state index in [0.29, 0.717) is 6.61 Å². The van der Waals surface area contributed by atoms with E-state index < -0.39 is 5.97 Å². The van der Waals surface area contributed by atoms with Crippen molar-refractivity contribution in [3.63, 3.8) is 0 Å². The molecule has 2 aliphatic heterocycles. The first kappa shape index (κ1) is 17.6. The number of carbonyl (C=O) groups excluding carboxylic acids is 1. The zero-order valence-electron chi connectivity index (χ0n) is 14.3. The van der Waals surface area contributed by atoms with Crippen molar-refractivity contribution >= 4 is 5.97 Å². The standard InChI is InChI=1S/C18H26N2O3/c1-4-18(3)11-16(20-8-6-7-9-20)15(13-23-18)10-14(12-19)17(21)22-5-2/h10-11,15H,4-9,13H2,1-3H3. The Morgan fingerprint density at radius 3 is 2.78 bits per heavy atom. The van der Waals surface area contributed by atoms with Gasteiger partial charge >= 0.3 is 5.97 Å². The molecule has 0 saturated carbocycles. The van der Waals surface area contributed by atoms with Gasteiger partial charge in [-0.25, -0.2) is 4.79 Å². The van der Waals surface area contributed by atoms with Gasteiger partial charge in [-0.05, 0) is 45.3 Å². The van der Waals surface area contributed by atoms with E-state index in [9.17, 15) is 10.1 Å². The molecule has 23 heavy (non-hydrogen) atoms. The SMILES string of the molecule is CCOC(=O)C(C#N)=CC1COC(C)(CC)C=C1N1CCCC1. The lowest BCUT2D eigenvalue weighted by atomic mass is 9.91. The van der Waals surface area contributed by atoms with Crippen molar-refractivity contribution in [1.29, 1.82) is 5.26 Å². The normalized spacial score (nSPS) is 28.3. The van der Waals surface area contributed by atoms with Crippen LogP contribution in [0.2, 0.25) is 0 Å². The van der Waals surface area contributed by atoms with Crippen LogP contribution in [0.15, 0.2) is 23.4 Å². The zero-order chi connectivity index (χ0) is 16.9. The van der Waals surface area contributed by atoms with E-state index in [1.807, 2.05) is 6.07 Å². The van der Waals surface area contributed by atoms with E-state index in [4.69, 9.17) is 9.47 Å². The summed E-state index contributed by atoms with van der Waals surface area (Å²) in [4.78, 5) is 14.2. The zero-order valence-corrected chi connectivity index (χ0v) is 14.3. The van der Waals surface area contributed by atoms with Crippen molar-refractivity contribution in [2.24, 2.45) is 5.92 Å². The molecule has 0 bridgehead atoms. The lowest BCUT2D eigenvalue weighted by molar-refractivity contribution is -0.138. The molecule has 2 aliphatic rings. The van der Waals surface area contributed by atoms with Gasteiger partial charge in [0.1, 0.15) is 11.6 Å². The second-order valence-electron chi connectivity index (χ2n) is 6.26. The summed E-state index contributed by atoms with van der Waals surface area (Å²) < 4.78 is 10.9. The smallest absolute Gasteiger partial charge is 0.348 e. The minimum Gasteiger partial charge on any atom is -0.462 e. The lowest BCUT2D eigenvalue weighted by Gasteiger charge is -2.38. The van der Waals surface area contributed by atoms with Crippen LogP contribution in [0.25, 0.3) is 0 Å². The highest BCUT2D eigenvalue weighted by Crippen LogP contribution is 2.34. The van der Waals surface area contributed by atoms with Gasteiger partial charge in [0.25, 0.3) is 0 Å². The van der Waals surface area contributed by atoms with Crippen molar-refractivity contribution < 1.29 is 14.3 Å². The molecule has 0 aromatic rings. The predicted octanol–water partition coefficient (Wildman–Crippen LogP) is 2.79. The molecule has 5 nitrogen and oxygen atoms in total. The number of rotatable bonds is 5. The third-order valence-corrected chi connectivity index (χ3v) is 4.58. The minimum atomic E-state index is -0.556. The van der Waals surface area contributed by atoms with Crippen LogP contribution in [0.1, 0.15) is 40.0 Å². The second kappa shape index (κ2) is 7.65. The number of ether oxygens (including phenoxy) is 2. The summed E-state index contributed by atoms with van der Waals surface area (Å²) in [6.07, 6.45) is 7.13.